The van der Waals surface area contributed by atoms with E-state index < -0.39 is 18.9 Å². The van der Waals surface area contributed by atoms with Crippen molar-refractivity contribution in [3.63, 3.8) is 0 Å². The topological polar surface area (TPSA) is 93.2 Å². The van der Waals surface area contributed by atoms with Gasteiger partial charge in [0.05, 0.1) is 0 Å². The Morgan fingerprint density at radius 1 is 1.12 bits per heavy atom. The second-order valence-electron chi connectivity index (χ2n) is 5.44. The number of hydrogen-bond donors (Lipinski definition) is 1. The lowest BCUT2D eigenvalue weighted by Gasteiger charge is -2.36. The lowest BCUT2D eigenvalue weighted by molar-refractivity contribution is 0.1000. The molecule has 0 radical (unpaired) electrons. The van der Waals surface area contributed by atoms with Gasteiger partial charge in [-0.15, -0.1) is 0 Å². The number of nitrogens with two attached hydrogens (primary N) is 1. The zero-order valence-corrected chi connectivity index (χ0v) is 12.8. The van der Waals surface area contributed by atoms with Crippen LogP contribution in [-0.2, 0) is 6.54 Å². The fourth-order valence-corrected chi connectivity index (χ4v) is 2.68. The first-order valence-corrected chi connectivity index (χ1v) is 7.48. The Balaban J connectivity index is 1.63. The third kappa shape index (κ3) is 3.42. The number of halogens is 2. The van der Waals surface area contributed by atoms with E-state index in [1.165, 1.54) is 0 Å². The molecular formula is C14H17F2N7O. The van der Waals surface area contributed by atoms with Gasteiger partial charge >= 0.3 is 0 Å². The predicted octanol–water partition coefficient (Wildman–Crippen LogP) is 0.364. The molecular weight excluding hydrogens is 320 g/mol. The summed E-state index contributed by atoms with van der Waals surface area (Å²) in [7, 11) is 0. The minimum atomic E-state index is -2.50. The molecule has 128 valence electrons. The number of tetrazole rings is 1. The van der Waals surface area contributed by atoms with E-state index >= 15 is 0 Å². The van der Waals surface area contributed by atoms with Gasteiger partial charge in [-0.1, -0.05) is 5.10 Å². The van der Waals surface area contributed by atoms with E-state index in [4.69, 9.17) is 5.73 Å². The van der Waals surface area contributed by atoms with Crippen LogP contribution < -0.4 is 15.5 Å². The average Bonchev–Trinajstić information content (AvgIpc) is 3.02. The van der Waals surface area contributed by atoms with Crippen LogP contribution in [0, 0.1) is 0 Å². The quantitative estimate of drug-likeness (QED) is 0.847. The first kappa shape index (κ1) is 16.1. The number of carbonyl (C=O) groups is 1. The van der Waals surface area contributed by atoms with E-state index in [1.807, 2.05) is 17.0 Å². The Morgan fingerprint density at radius 2 is 1.75 bits per heavy atom. The summed E-state index contributed by atoms with van der Waals surface area (Å²) < 4.78 is 26.2. The summed E-state index contributed by atoms with van der Waals surface area (Å²) in [6.45, 7) is 2.09. The van der Waals surface area contributed by atoms with Crippen LogP contribution in [0.15, 0.2) is 24.3 Å². The second-order valence-corrected chi connectivity index (χ2v) is 5.44. The standard InChI is InChI=1S/C14H17F2N7O/c15-12(16)9-23-14(18-19-20-23)22-7-5-21(6-8-22)11-3-1-10(2-4-11)13(17)24/h1-4,12H,5-9H2,(H2,17,24). The molecule has 1 saturated heterocycles. The molecule has 1 amide bonds. The third-order valence-corrected chi connectivity index (χ3v) is 3.90. The molecule has 8 nitrogen and oxygen atoms in total. The number of amides is 1. The van der Waals surface area contributed by atoms with Crippen molar-refractivity contribution in [2.75, 3.05) is 36.0 Å². The van der Waals surface area contributed by atoms with Gasteiger partial charge in [-0.25, -0.2) is 13.5 Å². The highest BCUT2D eigenvalue weighted by Gasteiger charge is 2.23. The molecule has 0 aliphatic carbocycles. The van der Waals surface area contributed by atoms with E-state index in [9.17, 15) is 13.6 Å². The van der Waals surface area contributed by atoms with Crippen LogP contribution in [0.5, 0.6) is 0 Å². The minimum Gasteiger partial charge on any atom is -0.368 e. The van der Waals surface area contributed by atoms with Gasteiger partial charge in [0, 0.05) is 37.4 Å². The van der Waals surface area contributed by atoms with Gasteiger partial charge in [0.1, 0.15) is 6.54 Å². The minimum absolute atomic E-state index is 0.360. The smallest absolute Gasteiger partial charge is 0.258 e. The highest BCUT2D eigenvalue weighted by molar-refractivity contribution is 5.93. The zero-order valence-electron chi connectivity index (χ0n) is 12.8. The highest BCUT2D eigenvalue weighted by Crippen LogP contribution is 2.19. The SMILES string of the molecule is NC(=O)c1ccc(N2CCN(c3nnnn3CC(F)F)CC2)cc1. The molecule has 2 aromatic rings. The van der Waals surface area contributed by atoms with E-state index in [-0.39, 0.29) is 0 Å². The molecule has 0 atom stereocenters. The Labute approximate surface area is 136 Å². The fourth-order valence-electron chi connectivity index (χ4n) is 2.68. The Hall–Kier alpha value is -2.78. The van der Waals surface area contributed by atoms with Crippen LogP contribution in [0.1, 0.15) is 10.4 Å². The van der Waals surface area contributed by atoms with Gasteiger partial charge in [-0.3, -0.25) is 4.79 Å². The number of rotatable bonds is 5. The Kier molecular flexibility index (Phi) is 4.54. The highest BCUT2D eigenvalue weighted by atomic mass is 19.3. The summed E-state index contributed by atoms with van der Waals surface area (Å²) in [6.07, 6.45) is -2.50. The van der Waals surface area contributed by atoms with Crippen molar-refractivity contribution in [1.29, 1.82) is 0 Å². The summed E-state index contributed by atoms with van der Waals surface area (Å²) in [6, 6.07) is 7.06. The van der Waals surface area contributed by atoms with E-state index in [0.717, 1.165) is 10.4 Å². The molecule has 1 fully saturated rings. The average molecular weight is 337 g/mol. The van der Waals surface area contributed by atoms with Gasteiger partial charge in [0.15, 0.2) is 0 Å². The monoisotopic (exact) mass is 337 g/mol. The van der Waals surface area contributed by atoms with Crippen molar-refractivity contribution in [3.05, 3.63) is 29.8 Å². The van der Waals surface area contributed by atoms with Gasteiger partial charge in [-0.2, -0.15) is 0 Å². The molecule has 1 aliphatic rings. The first-order chi connectivity index (χ1) is 11.5. The number of anilines is 2. The van der Waals surface area contributed by atoms with Gasteiger partial charge < -0.3 is 15.5 Å². The van der Waals surface area contributed by atoms with Crippen molar-refractivity contribution >= 4 is 17.5 Å². The van der Waals surface area contributed by atoms with Crippen molar-refractivity contribution in [2.24, 2.45) is 5.73 Å². The van der Waals surface area contributed by atoms with Crippen LogP contribution in [0.4, 0.5) is 20.4 Å². The molecule has 3 rings (SSSR count). The van der Waals surface area contributed by atoms with Crippen LogP contribution in [-0.4, -0.2) is 58.7 Å². The third-order valence-electron chi connectivity index (χ3n) is 3.90. The molecule has 24 heavy (non-hydrogen) atoms. The molecule has 0 unspecified atom stereocenters. The van der Waals surface area contributed by atoms with Crippen molar-refractivity contribution in [1.82, 2.24) is 20.2 Å². The Bertz CT molecular complexity index is 695. The maximum Gasteiger partial charge on any atom is 0.258 e. The van der Waals surface area contributed by atoms with Crippen LogP contribution in [0.2, 0.25) is 0 Å². The molecule has 10 heteroatoms. The molecule has 0 bridgehead atoms. The van der Waals surface area contributed by atoms with Gasteiger partial charge in [-0.05, 0) is 34.7 Å². The number of aromatic nitrogens is 4. The molecule has 0 saturated carbocycles. The van der Waals surface area contributed by atoms with Crippen LogP contribution in [0.3, 0.4) is 0 Å². The number of benzene rings is 1. The number of nitrogens with zero attached hydrogens (tertiary/aromatic N) is 6. The maximum absolute atomic E-state index is 12.5. The van der Waals surface area contributed by atoms with E-state index in [2.05, 4.69) is 20.4 Å². The summed E-state index contributed by atoms with van der Waals surface area (Å²) in [5.41, 5.74) is 6.67. The second kappa shape index (κ2) is 6.77. The van der Waals surface area contributed by atoms with Crippen molar-refractivity contribution < 1.29 is 13.6 Å². The van der Waals surface area contributed by atoms with E-state index in [0.29, 0.717) is 37.7 Å². The molecule has 2 heterocycles. The zero-order chi connectivity index (χ0) is 17.1. The lowest BCUT2D eigenvalue weighted by Crippen LogP contribution is -2.47. The summed E-state index contributed by atoms with van der Waals surface area (Å²) in [5, 5.41) is 10.9. The number of hydrogen-bond acceptors (Lipinski definition) is 6. The number of piperazine rings is 1. The largest absolute Gasteiger partial charge is 0.368 e. The summed E-state index contributed by atoms with van der Waals surface area (Å²) in [5.74, 6) is -0.101. The Morgan fingerprint density at radius 3 is 2.33 bits per heavy atom. The molecule has 2 N–H and O–H groups in total. The normalized spacial score (nSPS) is 15.1. The molecule has 0 spiro atoms. The fraction of sp³-hybridized carbons (Fsp3) is 0.429. The van der Waals surface area contributed by atoms with Gasteiger partial charge in [0.25, 0.3) is 6.43 Å². The number of alkyl halides is 2. The molecule has 1 aromatic carbocycles. The summed E-state index contributed by atoms with van der Waals surface area (Å²) in [4.78, 5) is 15.1. The molecule has 1 aliphatic heterocycles. The van der Waals surface area contributed by atoms with E-state index in [1.54, 1.807) is 12.1 Å². The van der Waals surface area contributed by atoms with Gasteiger partial charge in [0.2, 0.25) is 11.9 Å². The maximum atomic E-state index is 12.5. The summed E-state index contributed by atoms with van der Waals surface area (Å²) >= 11 is 0. The van der Waals surface area contributed by atoms with Crippen molar-refractivity contribution in [2.45, 2.75) is 13.0 Å². The predicted molar refractivity (Wildman–Crippen MR) is 83.2 cm³/mol. The van der Waals surface area contributed by atoms with Crippen molar-refractivity contribution in [3.8, 4) is 0 Å². The molecule has 1 aromatic heterocycles. The van der Waals surface area contributed by atoms with Crippen LogP contribution >= 0.6 is 0 Å². The number of carbonyl (C=O) groups excluding carboxylic acids is 1. The van der Waals surface area contributed by atoms with Crippen LogP contribution in [0.25, 0.3) is 0 Å². The lowest BCUT2D eigenvalue weighted by atomic mass is 10.1. The first-order valence-electron chi connectivity index (χ1n) is 7.48. The number of primary amides is 1.